The first-order valence-electron chi connectivity index (χ1n) is 5.37. The maximum Gasteiger partial charge on any atom is 0.218 e. The molecule has 0 spiro atoms. The van der Waals surface area contributed by atoms with Crippen molar-refractivity contribution in [3.63, 3.8) is 0 Å². The molecular formula is C11H17N3O2. The standard InChI is InChI=1S/C11H17N3O2/c1-8-12-9(6-10(13-8)15-3)14-11(2)4-5-16-7-11/h6H,4-5,7H2,1-3H3,(H,12,13,14). The van der Waals surface area contributed by atoms with Crippen LogP contribution in [0, 0.1) is 6.92 Å². The number of nitrogens with zero attached hydrogens (tertiary/aromatic N) is 2. The first-order chi connectivity index (χ1) is 7.61. The van der Waals surface area contributed by atoms with E-state index in [1.165, 1.54) is 0 Å². The molecule has 0 aliphatic carbocycles. The zero-order valence-electron chi connectivity index (χ0n) is 9.91. The molecule has 0 amide bonds. The number of ether oxygens (including phenoxy) is 2. The summed E-state index contributed by atoms with van der Waals surface area (Å²) >= 11 is 0. The van der Waals surface area contributed by atoms with Gasteiger partial charge < -0.3 is 14.8 Å². The number of aromatic nitrogens is 2. The molecule has 0 radical (unpaired) electrons. The number of nitrogens with one attached hydrogen (secondary N) is 1. The molecule has 1 atom stereocenters. The number of hydrogen-bond donors (Lipinski definition) is 1. The molecule has 1 fully saturated rings. The molecule has 5 heteroatoms. The third-order valence-electron chi connectivity index (χ3n) is 2.67. The average Bonchev–Trinajstić information content (AvgIpc) is 2.63. The van der Waals surface area contributed by atoms with Crippen molar-refractivity contribution >= 4 is 5.82 Å². The van der Waals surface area contributed by atoms with Crippen LogP contribution >= 0.6 is 0 Å². The van der Waals surface area contributed by atoms with Crippen molar-refractivity contribution in [1.29, 1.82) is 0 Å². The van der Waals surface area contributed by atoms with Crippen molar-refractivity contribution in [1.82, 2.24) is 9.97 Å². The van der Waals surface area contributed by atoms with E-state index >= 15 is 0 Å². The number of anilines is 1. The van der Waals surface area contributed by atoms with E-state index in [0.29, 0.717) is 18.3 Å². The fourth-order valence-corrected chi connectivity index (χ4v) is 1.78. The fraction of sp³-hybridized carbons (Fsp3) is 0.636. The second kappa shape index (κ2) is 4.25. The van der Waals surface area contributed by atoms with Gasteiger partial charge in [-0.1, -0.05) is 0 Å². The van der Waals surface area contributed by atoms with Crippen molar-refractivity contribution in [3.05, 3.63) is 11.9 Å². The van der Waals surface area contributed by atoms with Crippen LogP contribution in [0.15, 0.2) is 6.07 Å². The highest BCUT2D eigenvalue weighted by Gasteiger charge is 2.29. The zero-order valence-corrected chi connectivity index (χ0v) is 9.91. The zero-order chi connectivity index (χ0) is 11.6. The van der Waals surface area contributed by atoms with Gasteiger partial charge in [-0.05, 0) is 20.3 Å². The summed E-state index contributed by atoms with van der Waals surface area (Å²) in [5.41, 5.74) is -0.0359. The molecular weight excluding hydrogens is 206 g/mol. The summed E-state index contributed by atoms with van der Waals surface area (Å²) in [4.78, 5) is 8.48. The van der Waals surface area contributed by atoms with E-state index in [2.05, 4.69) is 22.2 Å². The molecule has 0 aromatic carbocycles. The molecule has 2 heterocycles. The molecule has 5 nitrogen and oxygen atoms in total. The first-order valence-corrected chi connectivity index (χ1v) is 5.37. The normalized spacial score (nSPS) is 24.4. The van der Waals surface area contributed by atoms with Gasteiger partial charge in [-0.3, -0.25) is 0 Å². The number of rotatable bonds is 3. The predicted molar refractivity (Wildman–Crippen MR) is 60.8 cm³/mol. The second-order valence-corrected chi connectivity index (χ2v) is 4.33. The van der Waals surface area contributed by atoms with Gasteiger partial charge in [0.2, 0.25) is 5.88 Å². The maximum atomic E-state index is 5.38. The Bertz CT molecular complexity index is 375. The van der Waals surface area contributed by atoms with Gasteiger partial charge in [0, 0.05) is 12.7 Å². The molecule has 0 saturated carbocycles. The summed E-state index contributed by atoms with van der Waals surface area (Å²) in [6.07, 6.45) is 0.984. The minimum absolute atomic E-state index is 0.0359. The molecule has 1 aliphatic heterocycles. The van der Waals surface area contributed by atoms with Crippen LogP contribution in [0.4, 0.5) is 5.82 Å². The second-order valence-electron chi connectivity index (χ2n) is 4.33. The van der Waals surface area contributed by atoms with Crippen LogP contribution in [0.3, 0.4) is 0 Å². The lowest BCUT2D eigenvalue weighted by Gasteiger charge is -2.24. The molecule has 1 aliphatic rings. The predicted octanol–water partition coefficient (Wildman–Crippen LogP) is 1.38. The molecule has 1 N–H and O–H groups in total. The largest absolute Gasteiger partial charge is 0.481 e. The van der Waals surface area contributed by atoms with Gasteiger partial charge in [0.1, 0.15) is 11.6 Å². The smallest absolute Gasteiger partial charge is 0.218 e. The van der Waals surface area contributed by atoms with Crippen molar-refractivity contribution in [3.8, 4) is 5.88 Å². The van der Waals surface area contributed by atoms with E-state index in [4.69, 9.17) is 9.47 Å². The number of hydrogen-bond acceptors (Lipinski definition) is 5. The molecule has 2 rings (SSSR count). The molecule has 88 valence electrons. The summed E-state index contributed by atoms with van der Waals surface area (Å²) in [5, 5.41) is 3.38. The lowest BCUT2D eigenvalue weighted by Crippen LogP contribution is -2.35. The van der Waals surface area contributed by atoms with E-state index in [1.807, 2.05) is 6.92 Å². The monoisotopic (exact) mass is 223 g/mol. The van der Waals surface area contributed by atoms with Gasteiger partial charge in [0.15, 0.2) is 0 Å². The van der Waals surface area contributed by atoms with Crippen LogP contribution in [0.2, 0.25) is 0 Å². The van der Waals surface area contributed by atoms with Crippen LogP contribution < -0.4 is 10.1 Å². The highest BCUT2D eigenvalue weighted by Crippen LogP contribution is 2.24. The Balaban J connectivity index is 2.17. The summed E-state index contributed by atoms with van der Waals surface area (Å²) < 4.78 is 10.5. The quantitative estimate of drug-likeness (QED) is 0.839. The van der Waals surface area contributed by atoms with Crippen molar-refractivity contribution < 1.29 is 9.47 Å². The Hall–Kier alpha value is -1.36. The van der Waals surface area contributed by atoms with Crippen molar-refractivity contribution in [2.24, 2.45) is 0 Å². The maximum absolute atomic E-state index is 5.38. The molecule has 0 bridgehead atoms. The molecule has 16 heavy (non-hydrogen) atoms. The van der Waals surface area contributed by atoms with Crippen LogP contribution in [0.1, 0.15) is 19.2 Å². The van der Waals surface area contributed by atoms with Crippen molar-refractivity contribution in [2.45, 2.75) is 25.8 Å². The average molecular weight is 223 g/mol. The Morgan fingerprint density at radius 2 is 2.31 bits per heavy atom. The number of methoxy groups -OCH3 is 1. The van der Waals surface area contributed by atoms with Crippen molar-refractivity contribution in [2.75, 3.05) is 25.6 Å². The fourth-order valence-electron chi connectivity index (χ4n) is 1.78. The van der Waals surface area contributed by atoms with E-state index in [9.17, 15) is 0 Å². The molecule has 1 aromatic heterocycles. The Morgan fingerprint density at radius 3 is 2.94 bits per heavy atom. The molecule has 1 unspecified atom stereocenters. The van der Waals surface area contributed by atoms with Crippen LogP contribution in [0.5, 0.6) is 5.88 Å². The topological polar surface area (TPSA) is 56.3 Å². The Kier molecular flexibility index (Phi) is 2.96. The van der Waals surface area contributed by atoms with Gasteiger partial charge in [-0.25, -0.2) is 4.98 Å². The van der Waals surface area contributed by atoms with Gasteiger partial charge in [0.25, 0.3) is 0 Å². The molecule has 1 aromatic rings. The van der Waals surface area contributed by atoms with Gasteiger partial charge in [-0.15, -0.1) is 0 Å². The summed E-state index contributed by atoms with van der Waals surface area (Å²) in [6.45, 7) is 5.48. The van der Waals surface area contributed by atoms with E-state index in [0.717, 1.165) is 18.8 Å². The van der Waals surface area contributed by atoms with Gasteiger partial charge in [-0.2, -0.15) is 4.98 Å². The van der Waals surface area contributed by atoms with E-state index in [1.54, 1.807) is 13.2 Å². The molecule has 1 saturated heterocycles. The van der Waals surface area contributed by atoms with Gasteiger partial charge in [0.05, 0.1) is 19.3 Å². The first kappa shape index (κ1) is 11.1. The van der Waals surface area contributed by atoms with E-state index < -0.39 is 0 Å². The third kappa shape index (κ3) is 2.41. The SMILES string of the molecule is COc1cc(NC2(C)CCOC2)nc(C)n1. The van der Waals surface area contributed by atoms with Crippen LogP contribution in [-0.4, -0.2) is 35.8 Å². The lowest BCUT2D eigenvalue weighted by molar-refractivity contribution is 0.185. The van der Waals surface area contributed by atoms with Gasteiger partial charge >= 0.3 is 0 Å². The van der Waals surface area contributed by atoms with Crippen LogP contribution in [-0.2, 0) is 4.74 Å². The number of aryl methyl sites for hydroxylation is 1. The summed E-state index contributed by atoms with van der Waals surface area (Å²) in [7, 11) is 1.60. The minimum Gasteiger partial charge on any atom is -0.481 e. The summed E-state index contributed by atoms with van der Waals surface area (Å²) in [5.74, 6) is 2.07. The third-order valence-corrected chi connectivity index (χ3v) is 2.67. The Morgan fingerprint density at radius 1 is 1.50 bits per heavy atom. The summed E-state index contributed by atoms with van der Waals surface area (Å²) in [6, 6.07) is 1.80. The highest BCUT2D eigenvalue weighted by atomic mass is 16.5. The van der Waals surface area contributed by atoms with E-state index in [-0.39, 0.29) is 5.54 Å². The lowest BCUT2D eigenvalue weighted by atomic mass is 10.0. The van der Waals surface area contributed by atoms with Crippen LogP contribution in [0.25, 0.3) is 0 Å². The minimum atomic E-state index is -0.0359. The highest BCUT2D eigenvalue weighted by molar-refractivity contribution is 5.41. The Labute approximate surface area is 95.2 Å².